The second kappa shape index (κ2) is 6.02. The number of carbonyl (C=O) groups excluding carboxylic acids is 2. The first-order valence-corrected chi connectivity index (χ1v) is 7.60. The number of anilines is 1. The number of ketones is 1. The van der Waals surface area contributed by atoms with Crippen molar-refractivity contribution < 1.29 is 19.8 Å². The van der Waals surface area contributed by atoms with Gasteiger partial charge in [0.05, 0.1) is 11.6 Å². The first-order valence-electron chi connectivity index (χ1n) is 7.22. The van der Waals surface area contributed by atoms with E-state index in [1.165, 1.54) is 24.0 Å². The maximum absolute atomic E-state index is 12.5. The number of nitrogens with zero attached hydrogens (tertiary/aromatic N) is 1. The number of aromatic hydroxyl groups is 1. The van der Waals surface area contributed by atoms with Crippen molar-refractivity contribution in [1.82, 2.24) is 0 Å². The minimum Gasteiger partial charge on any atom is -0.508 e. The molecule has 1 heterocycles. The summed E-state index contributed by atoms with van der Waals surface area (Å²) >= 11 is 5.91. The predicted molar refractivity (Wildman–Crippen MR) is 90.1 cm³/mol. The Morgan fingerprint density at radius 3 is 2.17 bits per heavy atom. The smallest absolute Gasteiger partial charge is 0.294 e. The van der Waals surface area contributed by atoms with Gasteiger partial charge in [0.15, 0.2) is 11.5 Å². The highest BCUT2D eigenvalue weighted by atomic mass is 35.5. The van der Waals surface area contributed by atoms with E-state index in [1.807, 2.05) is 0 Å². The van der Waals surface area contributed by atoms with Crippen molar-refractivity contribution in [2.75, 3.05) is 4.90 Å². The lowest BCUT2D eigenvalue weighted by atomic mass is 9.96. The molecule has 3 rings (SSSR count). The summed E-state index contributed by atoms with van der Waals surface area (Å²) in [6.07, 6.45) is 0. The number of benzene rings is 2. The molecule has 24 heavy (non-hydrogen) atoms. The van der Waals surface area contributed by atoms with E-state index in [0.717, 1.165) is 0 Å². The zero-order chi connectivity index (χ0) is 17.4. The monoisotopic (exact) mass is 343 g/mol. The van der Waals surface area contributed by atoms with Gasteiger partial charge in [-0.15, -0.1) is 0 Å². The number of halogens is 1. The molecule has 1 atom stereocenters. The van der Waals surface area contributed by atoms with E-state index in [-0.39, 0.29) is 17.1 Å². The van der Waals surface area contributed by atoms with Gasteiger partial charge >= 0.3 is 0 Å². The molecule has 0 spiro atoms. The molecule has 0 fully saturated rings. The van der Waals surface area contributed by atoms with Crippen molar-refractivity contribution in [2.45, 2.75) is 13.0 Å². The molecule has 6 heteroatoms. The van der Waals surface area contributed by atoms with Gasteiger partial charge in [-0.2, -0.15) is 0 Å². The Morgan fingerprint density at radius 1 is 1.04 bits per heavy atom. The maximum atomic E-state index is 12.5. The van der Waals surface area contributed by atoms with Crippen LogP contribution in [0, 0.1) is 0 Å². The van der Waals surface area contributed by atoms with Crippen LogP contribution in [0.3, 0.4) is 0 Å². The lowest BCUT2D eigenvalue weighted by molar-refractivity contribution is -0.117. The summed E-state index contributed by atoms with van der Waals surface area (Å²) in [6.45, 7) is 1.31. The molecule has 2 aromatic rings. The fourth-order valence-electron chi connectivity index (χ4n) is 2.80. The standard InChI is InChI=1S/C18H14ClNO4/c1-10(21)15-16(11-2-4-12(19)5-3-11)20(18(24)17(15)23)13-6-8-14(22)9-7-13/h2-9,16,22-23H,1H3/t16-/m1/s1. The first-order chi connectivity index (χ1) is 11.4. The number of carbonyl (C=O) groups is 2. The number of aliphatic hydroxyl groups excluding tert-OH is 1. The zero-order valence-electron chi connectivity index (χ0n) is 12.7. The minimum atomic E-state index is -0.753. The molecule has 0 aromatic heterocycles. The number of aliphatic hydroxyl groups is 1. The molecular weight excluding hydrogens is 330 g/mol. The van der Waals surface area contributed by atoms with Gasteiger partial charge in [-0.05, 0) is 48.9 Å². The second-order valence-electron chi connectivity index (χ2n) is 5.46. The highest BCUT2D eigenvalue weighted by molar-refractivity contribution is 6.30. The van der Waals surface area contributed by atoms with Crippen molar-refractivity contribution >= 4 is 29.0 Å². The molecule has 1 amide bonds. The molecule has 0 aliphatic carbocycles. The predicted octanol–water partition coefficient (Wildman–Crippen LogP) is 3.53. The Balaban J connectivity index is 2.16. The van der Waals surface area contributed by atoms with Crippen LogP contribution in [0.1, 0.15) is 18.5 Å². The molecule has 0 saturated carbocycles. The van der Waals surface area contributed by atoms with Gasteiger partial charge in [-0.25, -0.2) is 0 Å². The summed E-state index contributed by atoms with van der Waals surface area (Å²) in [4.78, 5) is 25.9. The van der Waals surface area contributed by atoms with E-state index < -0.39 is 17.7 Å². The van der Waals surface area contributed by atoms with Crippen LogP contribution in [0.2, 0.25) is 5.02 Å². The molecule has 1 aliphatic heterocycles. The maximum Gasteiger partial charge on any atom is 0.294 e. The Bertz CT molecular complexity index is 840. The summed E-state index contributed by atoms with van der Waals surface area (Å²) in [5.74, 6) is -1.55. The molecule has 0 bridgehead atoms. The number of amides is 1. The molecule has 0 unspecified atom stereocenters. The Labute approximate surface area is 143 Å². The van der Waals surface area contributed by atoms with Crippen LogP contribution in [-0.4, -0.2) is 21.9 Å². The Hall–Kier alpha value is -2.79. The molecule has 122 valence electrons. The lowest BCUT2D eigenvalue weighted by Crippen LogP contribution is -2.30. The molecular formula is C18H14ClNO4. The summed E-state index contributed by atoms with van der Waals surface area (Å²) in [5, 5.41) is 20.2. The van der Waals surface area contributed by atoms with Crippen molar-refractivity contribution in [3.05, 3.63) is 70.4 Å². The van der Waals surface area contributed by atoms with Crippen LogP contribution in [0.5, 0.6) is 5.75 Å². The molecule has 2 N–H and O–H groups in total. The van der Waals surface area contributed by atoms with E-state index in [4.69, 9.17) is 11.6 Å². The number of rotatable bonds is 3. The highest BCUT2D eigenvalue weighted by Crippen LogP contribution is 2.41. The summed E-state index contributed by atoms with van der Waals surface area (Å²) < 4.78 is 0. The van der Waals surface area contributed by atoms with E-state index in [9.17, 15) is 19.8 Å². The summed E-state index contributed by atoms with van der Waals surface area (Å²) in [7, 11) is 0. The molecule has 0 radical (unpaired) electrons. The number of hydrogen-bond acceptors (Lipinski definition) is 4. The van der Waals surface area contributed by atoms with E-state index >= 15 is 0 Å². The SMILES string of the molecule is CC(=O)C1=C(O)C(=O)N(c2ccc(O)cc2)[C@@H]1c1ccc(Cl)cc1. The van der Waals surface area contributed by atoms with Crippen LogP contribution in [0.15, 0.2) is 59.9 Å². The van der Waals surface area contributed by atoms with Gasteiger partial charge in [-0.3, -0.25) is 14.5 Å². The van der Waals surface area contributed by atoms with Gasteiger partial charge in [-0.1, -0.05) is 23.7 Å². The number of phenols is 1. The third kappa shape index (κ3) is 2.63. The Kier molecular flexibility index (Phi) is 4.03. The minimum absolute atomic E-state index is 0.0374. The summed E-state index contributed by atoms with van der Waals surface area (Å²) in [6, 6.07) is 11.9. The molecule has 2 aromatic carbocycles. The van der Waals surface area contributed by atoms with Crippen molar-refractivity contribution in [2.24, 2.45) is 0 Å². The van der Waals surface area contributed by atoms with Crippen molar-refractivity contribution in [1.29, 1.82) is 0 Å². The van der Waals surface area contributed by atoms with Crippen LogP contribution in [0.4, 0.5) is 5.69 Å². The van der Waals surface area contributed by atoms with Crippen LogP contribution in [0.25, 0.3) is 0 Å². The fraction of sp³-hybridized carbons (Fsp3) is 0.111. The van der Waals surface area contributed by atoms with Crippen LogP contribution >= 0.6 is 11.6 Å². The lowest BCUT2D eigenvalue weighted by Gasteiger charge is -2.26. The summed E-state index contributed by atoms with van der Waals surface area (Å²) in [5.41, 5.74) is 1.14. The van der Waals surface area contributed by atoms with Crippen molar-refractivity contribution in [3.63, 3.8) is 0 Å². The van der Waals surface area contributed by atoms with Gasteiger partial charge in [0.25, 0.3) is 5.91 Å². The molecule has 5 nitrogen and oxygen atoms in total. The third-order valence-electron chi connectivity index (χ3n) is 3.90. The second-order valence-corrected chi connectivity index (χ2v) is 5.90. The third-order valence-corrected chi connectivity index (χ3v) is 4.15. The average molecular weight is 344 g/mol. The van der Waals surface area contributed by atoms with Gasteiger partial charge in [0, 0.05) is 10.7 Å². The number of Topliss-reactive ketones (excluding diaryl/α,β-unsaturated/α-hetero) is 1. The molecule has 1 aliphatic rings. The average Bonchev–Trinajstić information content (AvgIpc) is 2.81. The van der Waals surface area contributed by atoms with Crippen LogP contribution in [-0.2, 0) is 9.59 Å². The van der Waals surface area contributed by atoms with Crippen molar-refractivity contribution in [3.8, 4) is 5.75 Å². The zero-order valence-corrected chi connectivity index (χ0v) is 13.5. The van der Waals surface area contributed by atoms with E-state index in [0.29, 0.717) is 16.3 Å². The molecule has 0 saturated heterocycles. The largest absolute Gasteiger partial charge is 0.508 e. The van der Waals surface area contributed by atoms with Gasteiger partial charge in [0.2, 0.25) is 0 Å². The van der Waals surface area contributed by atoms with E-state index in [2.05, 4.69) is 0 Å². The Morgan fingerprint density at radius 2 is 1.62 bits per heavy atom. The van der Waals surface area contributed by atoms with Gasteiger partial charge < -0.3 is 10.2 Å². The highest BCUT2D eigenvalue weighted by Gasteiger charge is 2.43. The van der Waals surface area contributed by atoms with Gasteiger partial charge in [0.1, 0.15) is 5.75 Å². The first kappa shape index (κ1) is 16.1. The fourth-order valence-corrected chi connectivity index (χ4v) is 2.93. The number of phenolic OH excluding ortho intramolecular Hbond substituents is 1. The quantitative estimate of drug-likeness (QED) is 0.893. The normalized spacial score (nSPS) is 17.5. The van der Waals surface area contributed by atoms with Crippen LogP contribution < -0.4 is 4.90 Å². The number of hydrogen-bond donors (Lipinski definition) is 2. The topological polar surface area (TPSA) is 77.8 Å². The van der Waals surface area contributed by atoms with E-state index in [1.54, 1.807) is 36.4 Å².